The summed E-state index contributed by atoms with van der Waals surface area (Å²) < 4.78 is 0. The van der Waals surface area contributed by atoms with E-state index in [0.29, 0.717) is 12.1 Å². The average Bonchev–Trinajstić information content (AvgIpc) is 2.90. The van der Waals surface area contributed by atoms with E-state index < -0.39 is 0 Å². The van der Waals surface area contributed by atoms with Crippen LogP contribution < -0.4 is 5.73 Å². The second kappa shape index (κ2) is 5.51. The zero-order chi connectivity index (χ0) is 13.0. The van der Waals surface area contributed by atoms with Crippen LogP contribution in [0.5, 0.6) is 0 Å². The van der Waals surface area contributed by atoms with Gasteiger partial charge in [0.25, 0.3) is 0 Å². The molecule has 0 aromatic heterocycles. The first-order valence-electron chi connectivity index (χ1n) is 6.57. The molecule has 1 unspecified atom stereocenters. The molecule has 3 nitrogen and oxygen atoms in total. The molecule has 0 bridgehead atoms. The van der Waals surface area contributed by atoms with Crippen molar-refractivity contribution < 1.29 is 5.11 Å². The summed E-state index contributed by atoms with van der Waals surface area (Å²) in [7, 11) is 0. The van der Waals surface area contributed by atoms with Gasteiger partial charge in [-0.3, -0.25) is 0 Å². The van der Waals surface area contributed by atoms with Crippen molar-refractivity contribution in [1.29, 1.82) is 5.26 Å². The second-order valence-electron chi connectivity index (χ2n) is 5.25. The van der Waals surface area contributed by atoms with Crippen LogP contribution in [-0.4, -0.2) is 18.3 Å². The molecule has 1 aromatic carbocycles. The SMILES string of the molecule is N#Cc1ccc(C(CN)C2(CO)CCCC2)cc1. The highest BCUT2D eigenvalue weighted by molar-refractivity contribution is 5.34. The van der Waals surface area contributed by atoms with Gasteiger partial charge in [-0.25, -0.2) is 0 Å². The molecule has 1 aromatic rings. The highest BCUT2D eigenvalue weighted by Gasteiger charge is 2.40. The number of benzene rings is 1. The summed E-state index contributed by atoms with van der Waals surface area (Å²) in [6.07, 6.45) is 4.44. The van der Waals surface area contributed by atoms with Crippen molar-refractivity contribution in [1.82, 2.24) is 0 Å². The van der Waals surface area contributed by atoms with Gasteiger partial charge in [0.2, 0.25) is 0 Å². The number of rotatable bonds is 4. The Kier molecular flexibility index (Phi) is 4.00. The van der Waals surface area contributed by atoms with Crippen molar-refractivity contribution in [2.45, 2.75) is 31.6 Å². The van der Waals surface area contributed by atoms with Gasteiger partial charge in [-0.2, -0.15) is 5.26 Å². The minimum atomic E-state index is -0.0527. The molecule has 96 valence electrons. The fraction of sp³-hybridized carbons (Fsp3) is 0.533. The zero-order valence-electron chi connectivity index (χ0n) is 10.6. The molecule has 3 heteroatoms. The number of nitrogens with two attached hydrogens (primary N) is 1. The Labute approximate surface area is 108 Å². The second-order valence-corrected chi connectivity index (χ2v) is 5.25. The minimum absolute atomic E-state index is 0.0527. The molecule has 2 rings (SSSR count). The van der Waals surface area contributed by atoms with Crippen LogP contribution in [0.15, 0.2) is 24.3 Å². The Hall–Kier alpha value is -1.37. The lowest BCUT2D eigenvalue weighted by atomic mass is 9.71. The molecule has 0 aliphatic heterocycles. The topological polar surface area (TPSA) is 70.0 Å². The van der Waals surface area contributed by atoms with Crippen molar-refractivity contribution in [3.63, 3.8) is 0 Å². The maximum Gasteiger partial charge on any atom is 0.0991 e. The molecule has 0 radical (unpaired) electrons. The summed E-state index contributed by atoms with van der Waals surface area (Å²) in [6.45, 7) is 0.751. The molecule has 0 amide bonds. The van der Waals surface area contributed by atoms with Gasteiger partial charge < -0.3 is 10.8 Å². The highest BCUT2D eigenvalue weighted by atomic mass is 16.3. The summed E-state index contributed by atoms with van der Waals surface area (Å²) in [5, 5.41) is 18.6. The summed E-state index contributed by atoms with van der Waals surface area (Å²) in [4.78, 5) is 0. The van der Waals surface area contributed by atoms with Crippen LogP contribution in [0.3, 0.4) is 0 Å². The van der Waals surface area contributed by atoms with Gasteiger partial charge in [0.05, 0.1) is 11.6 Å². The van der Waals surface area contributed by atoms with E-state index >= 15 is 0 Å². The van der Waals surface area contributed by atoms with Crippen molar-refractivity contribution >= 4 is 0 Å². The number of hydrogen-bond donors (Lipinski definition) is 2. The number of aliphatic hydroxyl groups excluding tert-OH is 1. The Bertz CT molecular complexity index is 427. The third-order valence-corrected chi connectivity index (χ3v) is 4.33. The summed E-state index contributed by atoms with van der Waals surface area (Å²) >= 11 is 0. The quantitative estimate of drug-likeness (QED) is 0.852. The lowest BCUT2D eigenvalue weighted by Crippen LogP contribution is -2.34. The Balaban J connectivity index is 2.29. The van der Waals surface area contributed by atoms with Gasteiger partial charge in [0.15, 0.2) is 0 Å². The van der Waals surface area contributed by atoms with Crippen molar-refractivity contribution in [2.75, 3.05) is 13.2 Å². The van der Waals surface area contributed by atoms with E-state index in [-0.39, 0.29) is 17.9 Å². The van der Waals surface area contributed by atoms with Crippen LogP contribution in [0.1, 0.15) is 42.7 Å². The normalized spacial score (nSPS) is 19.4. The third-order valence-electron chi connectivity index (χ3n) is 4.33. The third kappa shape index (κ3) is 2.27. The Morgan fingerprint density at radius 2 is 1.89 bits per heavy atom. The molecule has 1 fully saturated rings. The minimum Gasteiger partial charge on any atom is -0.396 e. The van der Waals surface area contributed by atoms with Gasteiger partial charge >= 0.3 is 0 Å². The predicted octanol–water partition coefficient (Wildman–Crippen LogP) is 2.15. The van der Waals surface area contributed by atoms with Gasteiger partial charge in [0.1, 0.15) is 0 Å². The molecule has 1 saturated carbocycles. The van der Waals surface area contributed by atoms with Crippen LogP contribution in [0, 0.1) is 16.7 Å². The molecular formula is C15H20N2O. The van der Waals surface area contributed by atoms with E-state index in [2.05, 4.69) is 6.07 Å². The van der Waals surface area contributed by atoms with Crippen LogP contribution in [0.2, 0.25) is 0 Å². The van der Waals surface area contributed by atoms with Gasteiger partial charge in [0, 0.05) is 17.9 Å². The number of nitriles is 1. The zero-order valence-corrected chi connectivity index (χ0v) is 10.6. The number of nitrogens with zero attached hydrogens (tertiary/aromatic N) is 1. The largest absolute Gasteiger partial charge is 0.396 e. The van der Waals surface area contributed by atoms with E-state index in [4.69, 9.17) is 11.0 Å². The smallest absolute Gasteiger partial charge is 0.0991 e. The summed E-state index contributed by atoms with van der Waals surface area (Å²) in [5.41, 5.74) is 7.70. The van der Waals surface area contributed by atoms with Crippen LogP contribution >= 0.6 is 0 Å². The molecule has 0 spiro atoms. The molecule has 3 N–H and O–H groups in total. The van der Waals surface area contributed by atoms with Crippen LogP contribution in [0.25, 0.3) is 0 Å². The fourth-order valence-electron chi connectivity index (χ4n) is 3.23. The standard InChI is InChI=1S/C15H20N2O/c16-9-12-3-5-13(6-4-12)14(10-17)15(11-18)7-1-2-8-15/h3-6,14,18H,1-2,7-8,10-11,17H2. The monoisotopic (exact) mass is 244 g/mol. The first kappa shape index (κ1) is 13.1. The highest BCUT2D eigenvalue weighted by Crippen LogP contribution is 2.48. The van der Waals surface area contributed by atoms with E-state index in [1.54, 1.807) is 0 Å². The van der Waals surface area contributed by atoms with Gasteiger partial charge in [-0.1, -0.05) is 25.0 Å². The Morgan fingerprint density at radius 3 is 2.33 bits per heavy atom. The van der Waals surface area contributed by atoms with Crippen LogP contribution in [-0.2, 0) is 0 Å². The average molecular weight is 244 g/mol. The molecule has 1 aliphatic rings. The van der Waals surface area contributed by atoms with E-state index in [1.807, 2.05) is 24.3 Å². The van der Waals surface area contributed by atoms with Gasteiger partial charge in [-0.15, -0.1) is 0 Å². The maximum absolute atomic E-state index is 9.77. The summed E-state index contributed by atoms with van der Waals surface area (Å²) in [5.74, 6) is 0.192. The number of hydrogen-bond acceptors (Lipinski definition) is 3. The lowest BCUT2D eigenvalue weighted by molar-refractivity contribution is 0.103. The molecular weight excluding hydrogens is 224 g/mol. The molecule has 18 heavy (non-hydrogen) atoms. The molecule has 0 saturated heterocycles. The maximum atomic E-state index is 9.77. The van der Waals surface area contributed by atoms with Crippen LogP contribution in [0.4, 0.5) is 0 Å². The predicted molar refractivity (Wildman–Crippen MR) is 70.9 cm³/mol. The fourth-order valence-corrected chi connectivity index (χ4v) is 3.23. The molecule has 1 atom stereocenters. The van der Waals surface area contributed by atoms with Crippen molar-refractivity contribution in [3.8, 4) is 6.07 Å². The summed E-state index contributed by atoms with van der Waals surface area (Å²) in [6, 6.07) is 9.74. The first-order chi connectivity index (χ1) is 8.75. The molecule has 0 heterocycles. The molecule has 1 aliphatic carbocycles. The lowest BCUT2D eigenvalue weighted by Gasteiger charge is -2.35. The van der Waals surface area contributed by atoms with Gasteiger partial charge in [-0.05, 0) is 37.1 Å². The van der Waals surface area contributed by atoms with Crippen molar-refractivity contribution in [2.24, 2.45) is 11.1 Å². The van der Waals surface area contributed by atoms with Crippen molar-refractivity contribution in [3.05, 3.63) is 35.4 Å². The van der Waals surface area contributed by atoms with E-state index in [1.165, 1.54) is 12.8 Å². The van der Waals surface area contributed by atoms with E-state index in [0.717, 1.165) is 18.4 Å². The Morgan fingerprint density at radius 1 is 1.28 bits per heavy atom. The first-order valence-corrected chi connectivity index (χ1v) is 6.57. The van der Waals surface area contributed by atoms with E-state index in [9.17, 15) is 5.11 Å². The number of aliphatic hydroxyl groups is 1.